The molecule has 0 aliphatic heterocycles. The second-order valence-corrected chi connectivity index (χ2v) is 7.31. The molecule has 30 heavy (non-hydrogen) atoms. The van der Waals surface area contributed by atoms with Gasteiger partial charge in [-0.05, 0) is 48.6 Å². The van der Waals surface area contributed by atoms with Gasteiger partial charge in [0.1, 0.15) is 12.2 Å². The molecule has 0 atom stereocenters. The van der Waals surface area contributed by atoms with Crippen molar-refractivity contribution in [2.24, 2.45) is 0 Å². The van der Waals surface area contributed by atoms with Crippen LogP contribution in [-0.4, -0.2) is 5.97 Å². The largest absolute Gasteiger partial charge is 0.457 e. The van der Waals surface area contributed by atoms with Crippen molar-refractivity contribution in [3.05, 3.63) is 117 Å². The molecule has 0 aliphatic carbocycles. The fraction of sp³-hybridized carbons (Fsp3) is 0.154. The quantitative estimate of drug-likeness (QED) is 0.329. The molecule has 1 aromatic heterocycles. The SMILES string of the molecule is Cc1ccc2c(COC(=O)c3ccccc3CCc3ccccc3)cc(=O)oc2c1. The van der Waals surface area contributed by atoms with Crippen LogP contribution in [0.1, 0.15) is 32.6 Å². The van der Waals surface area contributed by atoms with Crippen LogP contribution in [0.2, 0.25) is 0 Å². The van der Waals surface area contributed by atoms with E-state index in [0.29, 0.717) is 16.7 Å². The summed E-state index contributed by atoms with van der Waals surface area (Å²) in [5, 5.41) is 0.769. The number of fused-ring (bicyclic) bond motifs is 1. The van der Waals surface area contributed by atoms with Crippen molar-refractivity contribution in [3.63, 3.8) is 0 Å². The number of carbonyl (C=O) groups excluding carboxylic acids is 1. The number of benzene rings is 3. The van der Waals surface area contributed by atoms with Crippen LogP contribution in [0.5, 0.6) is 0 Å². The second kappa shape index (κ2) is 8.78. The van der Waals surface area contributed by atoms with Gasteiger partial charge in [0.2, 0.25) is 0 Å². The van der Waals surface area contributed by atoms with E-state index in [0.717, 1.165) is 29.4 Å². The van der Waals surface area contributed by atoms with Crippen molar-refractivity contribution >= 4 is 16.9 Å². The summed E-state index contributed by atoms with van der Waals surface area (Å²) in [4.78, 5) is 24.7. The molecule has 0 unspecified atom stereocenters. The van der Waals surface area contributed by atoms with Crippen LogP contribution in [0.3, 0.4) is 0 Å². The third-order valence-corrected chi connectivity index (χ3v) is 5.11. The molecule has 4 heteroatoms. The molecule has 0 aliphatic rings. The van der Waals surface area contributed by atoms with Gasteiger partial charge >= 0.3 is 11.6 Å². The van der Waals surface area contributed by atoms with Crippen molar-refractivity contribution in [3.8, 4) is 0 Å². The Morgan fingerprint density at radius 1 is 0.867 bits per heavy atom. The number of carbonyl (C=O) groups is 1. The topological polar surface area (TPSA) is 56.5 Å². The molecule has 0 bridgehead atoms. The van der Waals surface area contributed by atoms with Crippen LogP contribution in [0, 0.1) is 6.92 Å². The van der Waals surface area contributed by atoms with Crippen LogP contribution in [0.15, 0.2) is 88.1 Å². The van der Waals surface area contributed by atoms with Crippen molar-refractivity contribution in [1.29, 1.82) is 0 Å². The number of aryl methyl sites for hydroxylation is 3. The maximum atomic E-state index is 12.8. The molecule has 1 heterocycles. The third-order valence-electron chi connectivity index (χ3n) is 5.11. The van der Waals surface area contributed by atoms with E-state index in [-0.39, 0.29) is 6.61 Å². The molecule has 0 saturated carbocycles. The molecular weight excluding hydrogens is 376 g/mol. The summed E-state index contributed by atoms with van der Waals surface area (Å²) in [6.07, 6.45) is 1.58. The molecular formula is C26H22O4. The zero-order valence-corrected chi connectivity index (χ0v) is 16.8. The average molecular weight is 398 g/mol. The zero-order valence-electron chi connectivity index (χ0n) is 16.8. The average Bonchev–Trinajstić information content (AvgIpc) is 2.76. The summed E-state index contributed by atoms with van der Waals surface area (Å²) in [6, 6.07) is 24.7. The maximum absolute atomic E-state index is 12.8. The van der Waals surface area contributed by atoms with Gasteiger partial charge in [-0.3, -0.25) is 0 Å². The molecule has 3 aromatic carbocycles. The second-order valence-electron chi connectivity index (χ2n) is 7.31. The van der Waals surface area contributed by atoms with Gasteiger partial charge in [-0.15, -0.1) is 0 Å². The summed E-state index contributed by atoms with van der Waals surface area (Å²) in [5.41, 5.74) is 4.39. The number of hydrogen-bond donors (Lipinski definition) is 0. The van der Waals surface area contributed by atoms with E-state index in [9.17, 15) is 9.59 Å². The molecule has 4 aromatic rings. The van der Waals surface area contributed by atoms with E-state index >= 15 is 0 Å². The van der Waals surface area contributed by atoms with Gasteiger partial charge in [-0.25, -0.2) is 9.59 Å². The number of esters is 1. The number of ether oxygens (including phenoxy) is 1. The zero-order chi connectivity index (χ0) is 20.9. The normalized spacial score (nSPS) is 10.8. The van der Waals surface area contributed by atoms with Gasteiger partial charge in [0.25, 0.3) is 0 Å². The first kappa shape index (κ1) is 19.6. The predicted octanol–water partition coefficient (Wildman–Crippen LogP) is 5.24. The summed E-state index contributed by atoms with van der Waals surface area (Å²) < 4.78 is 10.9. The molecule has 0 radical (unpaired) electrons. The minimum absolute atomic E-state index is 0.0109. The Morgan fingerprint density at radius 3 is 2.47 bits per heavy atom. The minimum atomic E-state index is -0.456. The van der Waals surface area contributed by atoms with Gasteiger partial charge in [0.15, 0.2) is 0 Å². The third kappa shape index (κ3) is 4.49. The van der Waals surface area contributed by atoms with Gasteiger partial charge in [-0.2, -0.15) is 0 Å². The summed E-state index contributed by atoms with van der Waals surface area (Å²) >= 11 is 0. The van der Waals surface area contributed by atoms with Gasteiger partial charge in [-0.1, -0.05) is 60.7 Å². The first-order valence-corrected chi connectivity index (χ1v) is 9.92. The molecule has 0 fully saturated rings. The molecule has 0 N–H and O–H groups in total. The summed E-state index contributed by atoms with van der Waals surface area (Å²) in [5.74, 6) is -0.396. The highest BCUT2D eigenvalue weighted by Gasteiger charge is 2.14. The Bertz CT molecular complexity index is 1240. The fourth-order valence-corrected chi connectivity index (χ4v) is 3.54. The van der Waals surface area contributed by atoms with Gasteiger partial charge < -0.3 is 9.15 Å². The highest BCUT2D eigenvalue weighted by Crippen LogP contribution is 2.20. The van der Waals surface area contributed by atoms with E-state index in [2.05, 4.69) is 12.1 Å². The number of hydrogen-bond acceptors (Lipinski definition) is 4. The van der Waals surface area contributed by atoms with Crippen LogP contribution >= 0.6 is 0 Å². The van der Waals surface area contributed by atoms with E-state index < -0.39 is 11.6 Å². The monoisotopic (exact) mass is 398 g/mol. The van der Waals surface area contributed by atoms with E-state index in [4.69, 9.17) is 9.15 Å². The predicted molar refractivity (Wildman–Crippen MR) is 117 cm³/mol. The van der Waals surface area contributed by atoms with Gasteiger partial charge in [0.05, 0.1) is 5.56 Å². The lowest BCUT2D eigenvalue weighted by molar-refractivity contribution is 0.0472. The van der Waals surface area contributed by atoms with Crippen LogP contribution in [0.25, 0.3) is 11.0 Å². The Hall–Kier alpha value is -3.66. The maximum Gasteiger partial charge on any atom is 0.338 e. The summed E-state index contributed by atoms with van der Waals surface area (Å²) in [6.45, 7) is 1.94. The Labute approximate surface area is 174 Å². The lowest BCUT2D eigenvalue weighted by atomic mass is 10.00. The van der Waals surface area contributed by atoms with E-state index in [1.54, 1.807) is 12.1 Å². The molecule has 0 spiro atoms. The molecule has 4 rings (SSSR count). The highest BCUT2D eigenvalue weighted by molar-refractivity contribution is 5.91. The van der Waals surface area contributed by atoms with Crippen LogP contribution in [0.4, 0.5) is 0 Å². The smallest absolute Gasteiger partial charge is 0.338 e. The minimum Gasteiger partial charge on any atom is -0.457 e. The van der Waals surface area contributed by atoms with E-state index in [1.807, 2.05) is 55.5 Å². The van der Waals surface area contributed by atoms with Crippen molar-refractivity contribution in [2.75, 3.05) is 0 Å². The van der Waals surface area contributed by atoms with Crippen LogP contribution in [-0.2, 0) is 24.2 Å². The van der Waals surface area contributed by atoms with E-state index in [1.165, 1.54) is 11.6 Å². The highest BCUT2D eigenvalue weighted by atomic mass is 16.5. The molecule has 150 valence electrons. The summed E-state index contributed by atoms with van der Waals surface area (Å²) in [7, 11) is 0. The van der Waals surface area contributed by atoms with Crippen LogP contribution < -0.4 is 5.63 Å². The Balaban J connectivity index is 1.51. The lowest BCUT2D eigenvalue weighted by Crippen LogP contribution is -2.10. The molecule has 4 nitrogen and oxygen atoms in total. The Kier molecular flexibility index (Phi) is 5.75. The van der Waals surface area contributed by atoms with Crippen molar-refractivity contribution in [2.45, 2.75) is 26.4 Å². The van der Waals surface area contributed by atoms with Crippen molar-refractivity contribution < 1.29 is 13.9 Å². The van der Waals surface area contributed by atoms with Gasteiger partial charge in [0, 0.05) is 17.0 Å². The first-order valence-electron chi connectivity index (χ1n) is 9.92. The first-order chi connectivity index (χ1) is 14.6. The van der Waals surface area contributed by atoms with Crippen molar-refractivity contribution in [1.82, 2.24) is 0 Å². The Morgan fingerprint density at radius 2 is 1.63 bits per heavy atom. The molecule has 0 amide bonds. The molecule has 0 saturated heterocycles. The fourth-order valence-electron chi connectivity index (χ4n) is 3.54. The number of rotatable bonds is 6. The standard InChI is InChI=1S/C26H22O4/c1-18-11-14-22-21(16-25(27)30-24(22)15-18)17-29-26(28)23-10-6-5-9-20(23)13-12-19-7-3-2-4-8-19/h2-11,14-16H,12-13,17H2,1H3. The lowest BCUT2D eigenvalue weighted by Gasteiger charge is -2.11.